The number of hydrogen-bond donors (Lipinski definition) is 1. The lowest BCUT2D eigenvalue weighted by molar-refractivity contribution is -0.325. The van der Waals surface area contributed by atoms with Crippen LogP contribution in [0, 0.1) is 5.92 Å². The Hall–Kier alpha value is -0.160. The molecular formula is C9H15NO3. The zero-order chi connectivity index (χ0) is 8.94. The smallest absolute Gasteiger partial charge is 0.288 e. The summed E-state index contributed by atoms with van der Waals surface area (Å²) in [5.74, 6) is -0.352. The van der Waals surface area contributed by atoms with Crippen molar-refractivity contribution in [1.29, 1.82) is 0 Å². The van der Waals surface area contributed by atoms with E-state index in [0.717, 1.165) is 19.5 Å². The summed E-state index contributed by atoms with van der Waals surface area (Å²) in [6, 6.07) is 0. The summed E-state index contributed by atoms with van der Waals surface area (Å²) in [4.78, 5) is 0. The van der Waals surface area contributed by atoms with Crippen LogP contribution in [0.25, 0.3) is 0 Å². The van der Waals surface area contributed by atoms with Crippen LogP contribution in [-0.4, -0.2) is 37.9 Å². The molecule has 3 fully saturated rings. The van der Waals surface area contributed by atoms with E-state index in [9.17, 15) is 0 Å². The van der Waals surface area contributed by atoms with Crippen molar-refractivity contribution in [3.63, 3.8) is 0 Å². The first-order chi connectivity index (χ1) is 6.23. The van der Waals surface area contributed by atoms with Gasteiger partial charge >= 0.3 is 0 Å². The van der Waals surface area contributed by atoms with E-state index in [2.05, 4.69) is 5.32 Å². The molecule has 0 saturated carbocycles. The van der Waals surface area contributed by atoms with Crippen molar-refractivity contribution >= 4 is 0 Å². The molecule has 0 amide bonds. The van der Waals surface area contributed by atoms with Gasteiger partial charge in [-0.2, -0.15) is 0 Å². The Morgan fingerprint density at radius 2 is 2.08 bits per heavy atom. The van der Waals surface area contributed by atoms with Gasteiger partial charge in [-0.15, -0.1) is 0 Å². The Balaban J connectivity index is 1.82. The van der Waals surface area contributed by atoms with Crippen LogP contribution in [0.2, 0.25) is 0 Å². The average Bonchev–Trinajstić information content (AvgIpc) is 2.74. The molecule has 0 spiro atoms. The second-order valence-corrected chi connectivity index (χ2v) is 4.42. The minimum absolute atomic E-state index is 0.192. The average molecular weight is 185 g/mol. The first-order valence-electron chi connectivity index (χ1n) is 4.91. The Kier molecular flexibility index (Phi) is 1.54. The zero-order valence-electron chi connectivity index (χ0n) is 7.84. The summed E-state index contributed by atoms with van der Waals surface area (Å²) in [6.45, 7) is 5.37. The van der Waals surface area contributed by atoms with Gasteiger partial charge in [0.2, 0.25) is 0 Å². The van der Waals surface area contributed by atoms with Crippen LogP contribution in [0.5, 0.6) is 0 Å². The van der Waals surface area contributed by atoms with E-state index in [4.69, 9.17) is 14.2 Å². The first-order valence-corrected chi connectivity index (χ1v) is 4.91. The fraction of sp³-hybridized carbons (Fsp3) is 1.00. The third kappa shape index (κ3) is 1.06. The van der Waals surface area contributed by atoms with Crippen molar-refractivity contribution in [2.45, 2.75) is 24.9 Å². The van der Waals surface area contributed by atoms with Crippen molar-refractivity contribution < 1.29 is 14.2 Å². The van der Waals surface area contributed by atoms with E-state index in [1.807, 2.05) is 6.92 Å². The van der Waals surface area contributed by atoms with E-state index < -0.39 is 5.97 Å². The van der Waals surface area contributed by atoms with Gasteiger partial charge in [-0.25, -0.2) is 0 Å². The molecule has 3 rings (SSSR count). The highest BCUT2D eigenvalue weighted by Gasteiger charge is 2.60. The molecule has 3 saturated heterocycles. The van der Waals surface area contributed by atoms with Gasteiger partial charge in [0.05, 0.1) is 19.1 Å². The summed E-state index contributed by atoms with van der Waals surface area (Å²) in [7, 11) is 0. The maximum absolute atomic E-state index is 5.85. The number of fused-ring (bicyclic) bond motifs is 2. The molecule has 1 N–H and O–H groups in total. The molecule has 0 aromatic heterocycles. The molecule has 0 aromatic rings. The SMILES string of the molecule is CC12COC(C3CCNC3)(OC1)O2. The van der Waals surface area contributed by atoms with Crippen LogP contribution < -0.4 is 5.32 Å². The highest BCUT2D eigenvalue weighted by molar-refractivity contribution is 4.94. The zero-order valence-corrected chi connectivity index (χ0v) is 7.84. The van der Waals surface area contributed by atoms with Crippen molar-refractivity contribution in [1.82, 2.24) is 5.32 Å². The summed E-state index contributed by atoms with van der Waals surface area (Å²) in [5, 5.41) is 3.30. The van der Waals surface area contributed by atoms with Crippen molar-refractivity contribution in [3.05, 3.63) is 0 Å². The van der Waals surface area contributed by atoms with Crippen LogP contribution in [0.15, 0.2) is 0 Å². The molecule has 0 aromatic carbocycles. The van der Waals surface area contributed by atoms with Gasteiger partial charge < -0.3 is 19.5 Å². The van der Waals surface area contributed by atoms with Crippen LogP contribution in [0.3, 0.4) is 0 Å². The topological polar surface area (TPSA) is 39.7 Å². The maximum Gasteiger partial charge on any atom is 0.288 e. The van der Waals surface area contributed by atoms with Crippen molar-refractivity contribution in [3.8, 4) is 0 Å². The van der Waals surface area contributed by atoms with Crippen molar-refractivity contribution in [2.75, 3.05) is 26.3 Å². The lowest BCUT2D eigenvalue weighted by Gasteiger charge is -2.28. The minimum Gasteiger partial charge on any atom is -0.324 e. The molecule has 0 radical (unpaired) electrons. The van der Waals surface area contributed by atoms with Gasteiger partial charge in [0, 0.05) is 6.54 Å². The second-order valence-electron chi connectivity index (χ2n) is 4.42. The third-order valence-electron chi connectivity index (χ3n) is 3.11. The van der Waals surface area contributed by atoms with E-state index in [1.54, 1.807) is 0 Å². The first kappa shape index (κ1) is 8.17. The Morgan fingerprint density at radius 1 is 1.31 bits per heavy atom. The molecule has 0 aliphatic carbocycles. The number of hydrogen-bond acceptors (Lipinski definition) is 4. The molecule has 1 unspecified atom stereocenters. The highest BCUT2D eigenvalue weighted by Crippen LogP contribution is 2.45. The summed E-state index contributed by atoms with van der Waals surface area (Å²) in [6.07, 6.45) is 1.08. The summed E-state index contributed by atoms with van der Waals surface area (Å²) in [5.41, 5.74) is -0.192. The molecule has 13 heavy (non-hydrogen) atoms. The largest absolute Gasteiger partial charge is 0.324 e. The standard InChI is InChI=1S/C9H15NO3/c1-8-5-11-9(13-8,12-6-8)7-2-3-10-4-7/h7,10H,2-6H2,1H3. The lowest BCUT2D eigenvalue weighted by atomic mass is 10.1. The van der Waals surface area contributed by atoms with Gasteiger partial charge in [-0.05, 0) is 19.9 Å². The minimum atomic E-state index is -0.710. The highest BCUT2D eigenvalue weighted by atomic mass is 16.9. The van der Waals surface area contributed by atoms with E-state index in [0.29, 0.717) is 19.1 Å². The third-order valence-corrected chi connectivity index (χ3v) is 3.11. The summed E-state index contributed by atoms with van der Waals surface area (Å²) < 4.78 is 17.1. The Bertz CT molecular complexity index is 217. The van der Waals surface area contributed by atoms with E-state index >= 15 is 0 Å². The molecular weight excluding hydrogens is 170 g/mol. The normalized spacial score (nSPS) is 54.7. The van der Waals surface area contributed by atoms with Crippen LogP contribution in [-0.2, 0) is 14.2 Å². The molecule has 3 aliphatic rings. The van der Waals surface area contributed by atoms with Crippen LogP contribution in [0.1, 0.15) is 13.3 Å². The van der Waals surface area contributed by atoms with Gasteiger partial charge in [0.15, 0.2) is 0 Å². The Morgan fingerprint density at radius 3 is 2.54 bits per heavy atom. The quantitative estimate of drug-likeness (QED) is 0.628. The van der Waals surface area contributed by atoms with Crippen LogP contribution >= 0.6 is 0 Å². The fourth-order valence-electron chi connectivity index (χ4n) is 2.33. The van der Waals surface area contributed by atoms with Gasteiger partial charge in [-0.3, -0.25) is 0 Å². The summed E-state index contributed by atoms with van der Waals surface area (Å²) >= 11 is 0. The molecule has 1 atom stereocenters. The predicted octanol–water partition coefficient (Wildman–Crippen LogP) is 0.0854. The number of ether oxygens (including phenoxy) is 3. The number of rotatable bonds is 1. The number of nitrogens with one attached hydrogen (secondary N) is 1. The van der Waals surface area contributed by atoms with E-state index in [1.165, 1.54) is 0 Å². The predicted molar refractivity (Wildman–Crippen MR) is 45.1 cm³/mol. The fourth-order valence-corrected chi connectivity index (χ4v) is 2.33. The molecule has 4 nitrogen and oxygen atoms in total. The second kappa shape index (κ2) is 2.45. The molecule has 74 valence electrons. The maximum atomic E-state index is 5.85. The van der Waals surface area contributed by atoms with E-state index in [-0.39, 0.29) is 5.60 Å². The van der Waals surface area contributed by atoms with Gasteiger partial charge in [0.1, 0.15) is 5.60 Å². The Labute approximate surface area is 77.5 Å². The van der Waals surface area contributed by atoms with Gasteiger partial charge in [0.25, 0.3) is 5.97 Å². The van der Waals surface area contributed by atoms with Gasteiger partial charge in [-0.1, -0.05) is 0 Å². The molecule has 3 aliphatic heterocycles. The lowest BCUT2D eigenvalue weighted by Crippen LogP contribution is -2.41. The molecule has 3 heterocycles. The van der Waals surface area contributed by atoms with Crippen LogP contribution in [0.4, 0.5) is 0 Å². The van der Waals surface area contributed by atoms with Crippen molar-refractivity contribution in [2.24, 2.45) is 5.92 Å². The monoisotopic (exact) mass is 185 g/mol. The molecule has 2 bridgehead atoms. The molecule has 4 heteroatoms.